The Morgan fingerprint density at radius 1 is 0.714 bits per heavy atom. The van der Waals surface area contributed by atoms with Crippen molar-refractivity contribution in [2.75, 3.05) is 18.9 Å². The smallest absolute Gasteiger partial charge is 0.119 e. The zero-order chi connectivity index (χ0) is 14.9. The molecular weight excluding hydrogens is 262 g/mol. The highest BCUT2D eigenvalue weighted by molar-refractivity contribution is 5.41. The Morgan fingerprint density at radius 3 is 1.71 bits per heavy atom. The van der Waals surface area contributed by atoms with Gasteiger partial charge in [0.05, 0.1) is 13.2 Å². The van der Waals surface area contributed by atoms with Gasteiger partial charge in [0.1, 0.15) is 11.5 Å². The van der Waals surface area contributed by atoms with Gasteiger partial charge in [-0.05, 0) is 62.6 Å². The number of ether oxygens (including phenoxy) is 2. The number of hydrogen-bond acceptors (Lipinski definition) is 3. The summed E-state index contributed by atoms with van der Waals surface area (Å²) in [4.78, 5) is 0. The summed E-state index contributed by atoms with van der Waals surface area (Å²) in [6.45, 7) is 3.56. The van der Waals surface area contributed by atoms with Crippen LogP contribution in [0.3, 0.4) is 0 Å². The van der Waals surface area contributed by atoms with Gasteiger partial charge in [-0.15, -0.1) is 0 Å². The van der Waals surface area contributed by atoms with Crippen molar-refractivity contribution in [3.63, 3.8) is 0 Å². The molecule has 0 amide bonds. The van der Waals surface area contributed by atoms with Gasteiger partial charge in [-0.2, -0.15) is 0 Å². The van der Waals surface area contributed by atoms with E-state index in [1.54, 1.807) is 0 Å². The van der Waals surface area contributed by atoms with Crippen LogP contribution in [-0.2, 0) is 0 Å². The number of unbranched alkanes of at least 4 members (excludes halogenated alkanes) is 2. The summed E-state index contributed by atoms with van der Waals surface area (Å²) in [5.41, 5.74) is 7.63. The lowest BCUT2D eigenvalue weighted by molar-refractivity contribution is 0.279. The highest BCUT2D eigenvalue weighted by Crippen LogP contribution is 2.14. The summed E-state index contributed by atoms with van der Waals surface area (Å²) in [6, 6.07) is 15.7. The Balaban J connectivity index is 1.52. The zero-order valence-electron chi connectivity index (χ0n) is 12.5. The second-order valence-corrected chi connectivity index (χ2v) is 5.14. The second kappa shape index (κ2) is 8.20. The molecule has 0 aliphatic carbocycles. The Kier molecular flexibility index (Phi) is 5.95. The molecule has 2 N–H and O–H groups in total. The zero-order valence-corrected chi connectivity index (χ0v) is 12.5. The highest BCUT2D eigenvalue weighted by atomic mass is 16.5. The first-order valence-corrected chi connectivity index (χ1v) is 7.42. The molecule has 112 valence electrons. The second-order valence-electron chi connectivity index (χ2n) is 5.14. The van der Waals surface area contributed by atoms with Crippen LogP contribution >= 0.6 is 0 Å². The molecule has 0 spiro atoms. The molecule has 0 fully saturated rings. The maximum absolute atomic E-state index is 5.68. The number of aryl methyl sites for hydroxylation is 1. The third-order valence-corrected chi connectivity index (χ3v) is 3.23. The molecule has 0 saturated carbocycles. The topological polar surface area (TPSA) is 44.5 Å². The van der Waals surface area contributed by atoms with Crippen LogP contribution in [0.1, 0.15) is 24.8 Å². The summed E-state index contributed by atoms with van der Waals surface area (Å²) in [7, 11) is 0. The van der Waals surface area contributed by atoms with Gasteiger partial charge in [0.25, 0.3) is 0 Å². The largest absolute Gasteiger partial charge is 0.494 e. The maximum Gasteiger partial charge on any atom is 0.119 e. The van der Waals surface area contributed by atoms with E-state index in [0.29, 0.717) is 0 Å². The minimum Gasteiger partial charge on any atom is -0.494 e. The highest BCUT2D eigenvalue weighted by Gasteiger charge is 1.96. The minimum absolute atomic E-state index is 0.731. The van der Waals surface area contributed by atoms with Crippen molar-refractivity contribution in [2.24, 2.45) is 0 Å². The van der Waals surface area contributed by atoms with E-state index in [9.17, 15) is 0 Å². The van der Waals surface area contributed by atoms with Crippen molar-refractivity contribution in [3.05, 3.63) is 54.1 Å². The number of rotatable bonds is 8. The Morgan fingerprint density at radius 2 is 1.19 bits per heavy atom. The van der Waals surface area contributed by atoms with Crippen molar-refractivity contribution < 1.29 is 9.47 Å². The third kappa shape index (κ3) is 5.78. The summed E-state index contributed by atoms with van der Waals surface area (Å²) in [6.07, 6.45) is 3.17. The van der Waals surface area contributed by atoms with Crippen LogP contribution in [0, 0.1) is 6.92 Å². The van der Waals surface area contributed by atoms with Gasteiger partial charge in [-0.25, -0.2) is 0 Å². The lowest BCUT2D eigenvalue weighted by Crippen LogP contribution is -2.01. The number of nitrogen functional groups attached to an aromatic ring is 1. The molecular formula is C18H23NO2. The van der Waals surface area contributed by atoms with Crippen LogP contribution in [0.2, 0.25) is 0 Å². The summed E-state index contributed by atoms with van der Waals surface area (Å²) in [5.74, 6) is 1.82. The monoisotopic (exact) mass is 285 g/mol. The van der Waals surface area contributed by atoms with Gasteiger partial charge in [0.2, 0.25) is 0 Å². The number of anilines is 1. The molecule has 0 aliphatic rings. The minimum atomic E-state index is 0.731. The van der Waals surface area contributed by atoms with E-state index in [2.05, 4.69) is 19.1 Å². The summed E-state index contributed by atoms with van der Waals surface area (Å²) >= 11 is 0. The van der Waals surface area contributed by atoms with E-state index in [4.69, 9.17) is 15.2 Å². The maximum atomic E-state index is 5.68. The van der Waals surface area contributed by atoms with E-state index in [-0.39, 0.29) is 0 Å². The predicted molar refractivity (Wildman–Crippen MR) is 86.9 cm³/mol. The number of benzene rings is 2. The van der Waals surface area contributed by atoms with Crippen molar-refractivity contribution >= 4 is 5.69 Å². The van der Waals surface area contributed by atoms with Crippen LogP contribution in [0.25, 0.3) is 0 Å². The number of hydrogen-bond donors (Lipinski definition) is 1. The van der Waals surface area contributed by atoms with E-state index >= 15 is 0 Å². The average Bonchev–Trinajstić information content (AvgIpc) is 2.50. The molecule has 0 heterocycles. The van der Waals surface area contributed by atoms with Crippen LogP contribution in [0.15, 0.2) is 48.5 Å². The molecule has 3 nitrogen and oxygen atoms in total. The van der Waals surface area contributed by atoms with E-state index < -0.39 is 0 Å². The molecule has 3 heteroatoms. The Labute approximate surface area is 126 Å². The van der Waals surface area contributed by atoms with Gasteiger partial charge in [-0.3, -0.25) is 0 Å². The molecule has 0 radical (unpaired) electrons. The molecule has 0 unspecified atom stereocenters. The molecule has 2 aromatic rings. The Bertz CT molecular complexity index is 470. The van der Waals surface area contributed by atoms with Crippen molar-refractivity contribution in [1.82, 2.24) is 0 Å². The van der Waals surface area contributed by atoms with E-state index in [0.717, 1.165) is 49.7 Å². The molecule has 0 bridgehead atoms. The van der Waals surface area contributed by atoms with Crippen LogP contribution in [0.4, 0.5) is 5.69 Å². The molecule has 21 heavy (non-hydrogen) atoms. The molecule has 0 aliphatic heterocycles. The molecule has 2 rings (SSSR count). The van der Waals surface area contributed by atoms with Gasteiger partial charge >= 0.3 is 0 Å². The first-order chi connectivity index (χ1) is 10.2. The van der Waals surface area contributed by atoms with Crippen LogP contribution in [-0.4, -0.2) is 13.2 Å². The first kappa shape index (κ1) is 15.2. The number of nitrogens with two attached hydrogens (primary N) is 1. The van der Waals surface area contributed by atoms with E-state index in [1.807, 2.05) is 36.4 Å². The van der Waals surface area contributed by atoms with E-state index in [1.165, 1.54) is 5.56 Å². The lowest BCUT2D eigenvalue weighted by atomic mass is 10.2. The summed E-state index contributed by atoms with van der Waals surface area (Å²) in [5, 5.41) is 0. The van der Waals surface area contributed by atoms with Crippen LogP contribution in [0.5, 0.6) is 11.5 Å². The van der Waals surface area contributed by atoms with Crippen molar-refractivity contribution in [2.45, 2.75) is 26.2 Å². The first-order valence-electron chi connectivity index (χ1n) is 7.42. The fraction of sp³-hybridized carbons (Fsp3) is 0.333. The fourth-order valence-corrected chi connectivity index (χ4v) is 1.96. The lowest BCUT2D eigenvalue weighted by Gasteiger charge is -2.08. The quantitative estimate of drug-likeness (QED) is 0.584. The van der Waals surface area contributed by atoms with Gasteiger partial charge in [0, 0.05) is 5.69 Å². The third-order valence-electron chi connectivity index (χ3n) is 3.23. The predicted octanol–water partition coefficient (Wildman–Crippen LogP) is 4.21. The van der Waals surface area contributed by atoms with Crippen molar-refractivity contribution in [3.8, 4) is 11.5 Å². The summed E-state index contributed by atoms with van der Waals surface area (Å²) < 4.78 is 11.3. The fourth-order valence-electron chi connectivity index (χ4n) is 1.96. The molecule has 0 atom stereocenters. The molecule has 0 aromatic heterocycles. The van der Waals surface area contributed by atoms with Crippen LogP contribution < -0.4 is 15.2 Å². The van der Waals surface area contributed by atoms with Gasteiger partial charge in [0.15, 0.2) is 0 Å². The molecule has 2 aromatic carbocycles. The SMILES string of the molecule is Cc1ccc(OCCCCCOc2ccc(N)cc2)cc1. The normalized spacial score (nSPS) is 10.3. The van der Waals surface area contributed by atoms with Gasteiger partial charge in [-0.1, -0.05) is 17.7 Å². The molecule has 0 saturated heterocycles. The average molecular weight is 285 g/mol. The standard InChI is InChI=1S/C18H23NO2/c1-15-5-9-17(10-6-15)20-13-3-2-4-14-21-18-11-7-16(19)8-12-18/h5-12H,2-4,13-14,19H2,1H3. The Hall–Kier alpha value is -2.16. The van der Waals surface area contributed by atoms with Crippen molar-refractivity contribution in [1.29, 1.82) is 0 Å². The van der Waals surface area contributed by atoms with Gasteiger partial charge < -0.3 is 15.2 Å².